The molecular weight excluding hydrogens is 232 g/mol. The first-order chi connectivity index (χ1) is 8.77. The highest BCUT2D eigenvalue weighted by Crippen LogP contribution is 2.08. The minimum absolute atomic E-state index is 0.0287. The summed E-state index contributed by atoms with van der Waals surface area (Å²) in [6, 6.07) is 0. The standard InChI is InChI=1S/C13H26N2O3/c1-2-8-15(9-10-16)13(17)5-11-18-12-3-6-14-7-4-12/h12,14,16H,2-11H2,1H3. The van der Waals surface area contributed by atoms with Crippen LogP contribution in [0.1, 0.15) is 32.6 Å². The monoisotopic (exact) mass is 258 g/mol. The van der Waals surface area contributed by atoms with Crippen molar-refractivity contribution in [3.63, 3.8) is 0 Å². The van der Waals surface area contributed by atoms with Crippen LogP contribution in [-0.4, -0.2) is 61.4 Å². The first-order valence-corrected chi connectivity index (χ1v) is 6.99. The number of carbonyl (C=O) groups is 1. The molecule has 1 aliphatic rings. The molecule has 0 aromatic carbocycles. The summed E-state index contributed by atoms with van der Waals surface area (Å²) in [5.41, 5.74) is 0. The molecular formula is C13H26N2O3. The molecule has 0 aromatic heterocycles. The van der Waals surface area contributed by atoms with Gasteiger partial charge in [0, 0.05) is 13.1 Å². The van der Waals surface area contributed by atoms with Gasteiger partial charge in [-0.3, -0.25) is 4.79 Å². The van der Waals surface area contributed by atoms with E-state index in [-0.39, 0.29) is 12.5 Å². The van der Waals surface area contributed by atoms with Crippen LogP contribution in [0.25, 0.3) is 0 Å². The quantitative estimate of drug-likeness (QED) is 0.660. The number of ether oxygens (including phenoxy) is 1. The maximum atomic E-state index is 11.9. The number of aliphatic hydroxyl groups is 1. The summed E-state index contributed by atoms with van der Waals surface area (Å²) in [4.78, 5) is 13.6. The van der Waals surface area contributed by atoms with Gasteiger partial charge in [-0.1, -0.05) is 6.92 Å². The molecule has 0 spiro atoms. The topological polar surface area (TPSA) is 61.8 Å². The SMILES string of the molecule is CCCN(CCO)C(=O)CCOC1CCNCC1. The molecule has 0 aliphatic carbocycles. The van der Waals surface area contributed by atoms with Crippen LogP contribution >= 0.6 is 0 Å². The van der Waals surface area contributed by atoms with E-state index in [1.165, 1.54) is 0 Å². The van der Waals surface area contributed by atoms with Crippen molar-refractivity contribution in [2.45, 2.75) is 38.7 Å². The van der Waals surface area contributed by atoms with Gasteiger partial charge < -0.3 is 20.1 Å². The number of hydrogen-bond donors (Lipinski definition) is 2. The molecule has 5 heteroatoms. The van der Waals surface area contributed by atoms with Crippen molar-refractivity contribution in [1.29, 1.82) is 0 Å². The van der Waals surface area contributed by atoms with Gasteiger partial charge in [-0.2, -0.15) is 0 Å². The summed E-state index contributed by atoms with van der Waals surface area (Å²) < 4.78 is 5.71. The van der Waals surface area contributed by atoms with Crippen molar-refractivity contribution in [2.24, 2.45) is 0 Å². The lowest BCUT2D eigenvalue weighted by atomic mass is 10.1. The Morgan fingerprint density at radius 3 is 2.72 bits per heavy atom. The molecule has 1 aliphatic heterocycles. The number of aliphatic hydroxyl groups excluding tert-OH is 1. The third-order valence-electron chi connectivity index (χ3n) is 3.17. The van der Waals surface area contributed by atoms with Crippen LogP contribution in [0.5, 0.6) is 0 Å². The molecule has 1 saturated heterocycles. The van der Waals surface area contributed by atoms with Crippen LogP contribution < -0.4 is 5.32 Å². The predicted molar refractivity (Wildman–Crippen MR) is 70.4 cm³/mol. The lowest BCUT2D eigenvalue weighted by Crippen LogP contribution is -2.36. The Hall–Kier alpha value is -0.650. The Balaban J connectivity index is 2.17. The number of rotatable bonds is 8. The maximum Gasteiger partial charge on any atom is 0.224 e. The molecule has 5 nitrogen and oxygen atoms in total. The number of nitrogens with zero attached hydrogens (tertiary/aromatic N) is 1. The van der Waals surface area contributed by atoms with E-state index in [0.29, 0.717) is 32.2 Å². The van der Waals surface area contributed by atoms with Crippen LogP contribution in [0.15, 0.2) is 0 Å². The second-order valence-corrected chi connectivity index (χ2v) is 4.67. The molecule has 0 aromatic rings. The summed E-state index contributed by atoms with van der Waals surface area (Å²) in [7, 11) is 0. The number of piperidine rings is 1. The van der Waals surface area contributed by atoms with Crippen molar-refractivity contribution in [1.82, 2.24) is 10.2 Å². The zero-order chi connectivity index (χ0) is 13.2. The largest absolute Gasteiger partial charge is 0.395 e. The molecule has 0 saturated carbocycles. The van der Waals surface area contributed by atoms with E-state index in [9.17, 15) is 4.79 Å². The van der Waals surface area contributed by atoms with Gasteiger partial charge in [-0.05, 0) is 32.4 Å². The van der Waals surface area contributed by atoms with Gasteiger partial charge in [0.25, 0.3) is 0 Å². The van der Waals surface area contributed by atoms with Crippen LogP contribution in [0.2, 0.25) is 0 Å². The highest BCUT2D eigenvalue weighted by Gasteiger charge is 2.15. The summed E-state index contributed by atoms with van der Waals surface area (Å²) in [6.07, 6.45) is 3.70. The Morgan fingerprint density at radius 2 is 2.11 bits per heavy atom. The number of nitrogens with one attached hydrogen (secondary N) is 1. The molecule has 106 valence electrons. The van der Waals surface area contributed by atoms with Gasteiger partial charge in [-0.15, -0.1) is 0 Å². The first-order valence-electron chi connectivity index (χ1n) is 6.99. The van der Waals surface area contributed by atoms with Gasteiger partial charge >= 0.3 is 0 Å². The average molecular weight is 258 g/mol. The van der Waals surface area contributed by atoms with Crippen LogP contribution in [0, 0.1) is 0 Å². The number of carbonyl (C=O) groups excluding carboxylic acids is 1. The second kappa shape index (κ2) is 9.30. The van der Waals surface area contributed by atoms with Crippen molar-refractivity contribution >= 4 is 5.91 Å². The second-order valence-electron chi connectivity index (χ2n) is 4.67. The molecule has 0 bridgehead atoms. The minimum atomic E-state index is 0.0287. The van der Waals surface area contributed by atoms with Gasteiger partial charge in [0.1, 0.15) is 0 Å². The number of amides is 1. The normalized spacial score (nSPS) is 16.8. The summed E-state index contributed by atoms with van der Waals surface area (Å²) in [5, 5.41) is 12.2. The fourth-order valence-corrected chi connectivity index (χ4v) is 2.18. The Kier molecular flexibility index (Phi) is 7.96. The fourth-order valence-electron chi connectivity index (χ4n) is 2.18. The van der Waals surface area contributed by atoms with E-state index in [4.69, 9.17) is 9.84 Å². The lowest BCUT2D eigenvalue weighted by molar-refractivity contribution is -0.133. The van der Waals surface area contributed by atoms with E-state index in [1.54, 1.807) is 4.90 Å². The smallest absolute Gasteiger partial charge is 0.224 e. The highest BCUT2D eigenvalue weighted by molar-refractivity contribution is 5.76. The average Bonchev–Trinajstić information content (AvgIpc) is 2.39. The zero-order valence-corrected chi connectivity index (χ0v) is 11.4. The lowest BCUT2D eigenvalue weighted by Gasteiger charge is -2.24. The fraction of sp³-hybridized carbons (Fsp3) is 0.923. The Morgan fingerprint density at radius 1 is 1.39 bits per heavy atom. The zero-order valence-electron chi connectivity index (χ0n) is 11.4. The Labute approximate surface area is 109 Å². The Bertz CT molecular complexity index is 224. The molecule has 1 amide bonds. The van der Waals surface area contributed by atoms with Crippen LogP contribution in [0.4, 0.5) is 0 Å². The summed E-state index contributed by atoms with van der Waals surface area (Å²) in [5.74, 6) is 0.0832. The molecule has 2 N–H and O–H groups in total. The van der Waals surface area contributed by atoms with Crippen molar-refractivity contribution in [3.05, 3.63) is 0 Å². The molecule has 0 unspecified atom stereocenters. The number of hydrogen-bond acceptors (Lipinski definition) is 4. The third-order valence-corrected chi connectivity index (χ3v) is 3.17. The van der Waals surface area contributed by atoms with E-state index in [1.807, 2.05) is 6.92 Å². The minimum Gasteiger partial charge on any atom is -0.395 e. The van der Waals surface area contributed by atoms with Gasteiger partial charge in [0.15, 0.2) is 0 Å². The molecule has 18 heavy (non-hydrogen) atoms. The van der Waals surface area contributed by atoms with E-state index in [0.717, 1.165) is 32.4 Å². The molecule has 0 atom stereocenters. The van der Waals surface area contributed by atoms with Crippen molar-refractivity contribution in [3.8, 4) is 0 Å². The van der Waals surface area contributed by atoms with Gasteiger partial charge in [0.2, 0.25) is 5.91 Å². The van der Waals surface area contributed by atoms with Gasteiger partial charge in [0.05, 0.1) is 25.7 Å². The predicted octanol–water partition coefficient (Wildman–Crippen LogP) is 0.376. The molecule has 1 fully saturated rings. The summed E-state index contributed by atoms with van der Waals surface area (Å²) >= 11 is 0. The van der Waals surface area contributed by atoms with Crippen molar-refractivity contribution in [2.75, 3.05) is 39.4 Å². The highest BCUT2D eigenvalue weighted by atomic mass is 16.5. The summed E-state index contributed by atoms with van der Waals surface area (Å²) in [6.45, 7) is 5.71. The van der Waals surface area contributed by atoms with Crippen molar-refractivity contribution < 1.29 is 14.6 Å². The van der Waals surface area contributed by atoms with E-state index >= 15 is 0 Å². The maximum absolute atomic E-state index is 11.9. The van der Waals surface area contributed by atoms with Crippen LogP contribution in [0.3, 0.4) is 0 Å². The third kappa shape index (κ3) is 5.80. The molecule has 1 rings (SSSR count). The first kappa shape index (κ1) is 15.4. The molecule has 0 radical (unpaired) electrons. The van der Waals surface area contributed by atoms with Gasteiger partial charge in [-0.25, -0.2) is 0 Å². The molecule has 1 heterocycles. The van der Waals surface area contributed by atoms with E-state index in [2.05, 4.69) is 5.32 Å². The van der Waals surface area contributed by atoms with E-state index < -0.39 is 0 Å². The van der Waals surface area contributed by atoms with Crippen LogP contribution in [-0.2, 0) is 9.53 Å².